The minimum absolute atomic E-state index is 0.219. The summed E-state index contributed by atoms with van der Waals surface area (Å²) in [7, 11) is 0. The topological polar surface area (TPSA) is 15.3 Å². The lowest BCUT2D eigenvalue weighted by molar-refractivity contribution is 0.158. The van der Waals surface area contributed by atoms with Crippen molar-refractivity contribution < 1.29 is 4.39 Å². The van der Waals surface area contributed by atoms with Crippen molar-refractivity contribution in [3.8, 4) is 0 Å². The number of piperidine rings is 1. The molecule has 1 heterocycles. The summed E-state index contributed by atoms with van der Waals surface area (Å²) < 4.78 is 12.3. The molecule has 2 nitrogen and oxygen atoms in total. The summed E-state index contributed by atoms with van der Waals surface area (Å²) in [4.78, 5) is 2.26. The van der Waals surface area contributed by atoms with Gasteiger partial charge in [0.1, 0.15) is 6.67 Å². The number of nitrogens with one attached hydrogen (secondary N) is 1. The maximum absolute atomic E-state index is 12.3. The van der Waals surface area contributed by atoms with Gasteiger partial charge in [-0.1, -0.05) is 0 Å². The van der Waals surface area contributed by atoms with Crippen molar-refractivity contribution in [2.24, 2.45) is 5.92 Å². The van der Waals surface area contributed by atoms with Gasteiger partial charge in [-0.3, -0.25) is 4.90 Å². The lowest BCUT2D eigenvalue weighted by Crippen LogP contribution is -2.40. The van der Waals surface area contributed by atoms with Gasteiger partial charge in [-0.25, -0.2) is 4.39 Å². The van der Waals surface area contributed by atoms with E-state index in [0.717, 1.165) is 25.6 Å². The maximum Gasteiger partial charge on any atom is 0.102 e. The van der Waals surface area contributed by atoms with E-state index in [0.29, 0.717) is 12.6 Å². The molecule has 0 aromatic heterocycles. The van der Waals surface area contributed by atoms with E-state index in [1.807, 2.05) is 0 Å². The number of halogens is 1. The highest BCUT2D eigenvalue weighted by molar-refractivity contribution is 4.74. The smallest absolute Gasteiger partial charge is 0.102 e. The first kappa shape index (κ1) is 11.9. The van der Waals surface area contributed by atoms with Crippen molar-refractivity contribution in [3.63, 3.8) is 0 Å². The zero-order valence-corrected chi connectivity index (χ0v) is 9.43. The molecule has 1 aliphatic rings. The Balaban J connectivity index is 2.29. The molecule has 1 N–H and O–H groups in total. The van der Waals surface area contributed by atoms with Gasteiger partial charge >= 0.3 is 0 Å². The van der Waals surface area contributed by atoms with E-state index in [1.165, 1.54) is 12.8 Å². The fraction of sp³-hybridized carbons (Fsp3) is 1.00. The van der Waals surface area contributed by atoms with Gasteiger partial charge < -0.3 is 5.32 Å². The summed E-state index contributed by atoms with van der Waals surface area (Å²) in [5.74, 6) is 0.769. The molecule has 84 valence electrons. The minimum Gasteiger partial charge on any atom is -0.317 e. The molecule has 0 unspecified atom stereocenters. The second-order valence-corrected chi connectivity index (χ2v) is 4.47. The van der Waals surface area contributed by atoms with Crippen LogP contribution in [0.3, 0.4) is 0 Å². The first-order chi connectivity index (χ1) is 6.74. The zero-order valence-electron chi connectivity index (χ0n) is 9.43. The number of hydrogen-bond donors (Lipinski definition) is 1. The Labute approximate surface area is 86.9 Å². The molecule has 0 atom stereocenters. The van der Waals surface area contributed by atoms with E-state index in [1.54, 1.807) is 0 Å². The lowest BCUT2D eigenvalue weighted by Gasteiger charge is -2.32. The molecule has 1 rings (SSSR count). The average Bonchev–Trinajstić information content (AvgIpc) is 2.18. The number of nitrogens with zero attached hydrogens (tertiary/aromatic N) is 1. The first-order valence-electron chi connectivity index (χ1n) is 5.74. The molecule has 0 amide bonds. The highest BCUT2D eigenvalue weighted by atomic mass is 19.1. The SMILES string of the molecule is CC(C)N(CCF)CC1CCNCC1. The normalized spacial score (nSPS) is 19.5. The highest BCUT2D eigenvalue weighted by Gasteiger charge is 2.18. The van der Waals surface area contributed by atoms with Crippen LogP contribution in [0.2, 0.25) is 0 Å². The molecule has 0 aromatic carbocycles. The van der Waals surface area contributed by atoms with Crippen molar-refractivity contribution in [2.75, 3.05) is 32.9 Å². The predicted octanol–water partition coefficient (Wildman–Crippen LogP) is 1.67. The van der Waals surface area contributed by atoms with Gasteiger partial charge in [-0.2, -0.15) is 0 Å². The van der Waals surface area contributed by atoms with Crippen LogP contribution in [-0.2, 0) is 0 Å². The monoisotopic (exact) mass is 202 g/mol. The summed E-state index contributed by atoms with van der Waals surface area (Å²) in [5.41, 5.74) is 0. The van der Waals surface area contributed by atoms with Gasteiger partial charge in [0.2, 0.25) is 0 Å². The van der Waals surface area contributed by atoms with E-state index in [2.05, 4.69) is 24.1 Å². The van der Waals surface area contributed by atoms with Crippen LogP contribution >= 0.6 is 0 Å². The number of hydrogen-bond acceptors (Lipinski definition) is 2. The van der Waals surface area contributed by atoms with Crippen molar-refractivity contribution in [1.82, 2.24) is 10.2 Å². The maximum atomic E-state index is 12.3. The molecule has 1 saturated heterocycles. The molecule has 3 heteroatoms. The molecule has 0 aliphatic carbocycles. The lowest BCUT2D eigenvalue weighted by atomic mass is 9.97. The summed E-state index contributed by atoms with van der Waals surface area (Å²) in [6.07, 6.45) is 2.49. The standard InChI is InChI=1S/C11H23FN2/c1-10(2)14(8-5-12)9-11-3-6-13-7-4-11/h10-11,13H,3-9H2,1-2H3. The molecule has 1 fully saturated rings. The summed E-state index contributed by atoms with van der Waals surface area (Å²) >= 11 is 0. The van der Waals surface area contributed by atoms with Gasteiger partial charge in [0.15, 0.2) is 0 Å². The molecule has 0 aromatic rings. The van der Waals surface area contributed by atoms with Crippen LogP contribution in [0.15, 0.2) is 0 Å². The number of rotatable bonds is 5. The van der Waals surface area contributed by atoms with Crippen LogP contribution in [0.1, 0.15) is 26.7 Å². The van der Waals surface area contributed by atoms with E-state index in [9.17, 15) is 4.39 Å². The Morgan fingerprint density at radius 2 is 2.00 bits per heavy atom. The van der Waals surface area contributed by atoms with Crippen LogP contribution in [0, 0.1) is 5.92 Å². The van der Waals surface area contributed by atoms with Crippen LogP contribution in [0.4, 0.5) is 4.39 Å². The second kappa shape index (κ2) is 6.36. The Bertz CT molecular complexity index is 144. The third kappa shape index (κ3) is 3.93. The van der Waals surface area contributed by atoms with Gasteiger partial charge in [0.25, 0.3) is 0 Å². The molecule has 0 radical (unpaired) electrons. The van der Waals surface area contributed by atoms with Crippen LogP contribution < -0.4 is 5.32 Å². The molecule has 0 spiro atoms. The summed E-state index contributed by atoms with van der Waals surface area (Å²) in [6, 6.07) is 0.473. The Morgan fingerprint density at radius 3 is 2.50 bits per heavy atom. The van der Waals surface area contributed by atoms with E-state index < -0.39 is 0 Å². The van der Waals surface area contributed by atoms with E-state index >= 15 is 0 Å². The summed E-state index contributed by atoms with van der Waals surface area (Å²) in [5, 5.41) is 3.36. The molecule has 1 aliphatic heterocycles. The molecule has 14 heavy (non-hydrogen) atoms. The average molecular weight is 202 g/mol. The van der Waals surface area contributed by atoms with Crippen LogP contribution in [0.25, 0.3) is 0 Å². The quantitative estimate of drug-likeness (QED) is 0.729. The van der Waals surface area contributed by atoms with Gasteiger partial charge in [-0.05, 0) is 45.7 Å². The Morgan fingerprint density at radius 1 is 1.36 bits per heavy atom. The number of alkyl halides is 1. The molecule has 0 bridgehead atoms. The fourth-order valence-corrected chi connectivity index (χ4v) is 2.06. The van der Waals surface area contributed by atoms with Crippen LogP contribution in [0.5, 0.6) is 0 Å². The largest absolute Gasteiger partial charge is 0.317 e. The van der Waals surface area contributed by atoms with E-state index in [4.69, 9.17) is 0 Å². The van der Waals surface area contributed by atoms with Gasteiger partial charge in [0, 0.05) is 19.1 Å². The van der Waals surface area contributed by atoms with Crippen molar-refractivity contribution in [2.45, 2.75) is 32.7 Å². The van der Waals surface area contributed by atoms with Crippen molar-refractivity contribution >= 4 is 0 Å². The second-order valence-electron chi connectivity index (χ2n) is 4.47. The molecular formula is C11H23FN2. The Hall–Kier alpha value is -0.150. The Kier molecular flexibility index (Phi) is 5.41. The molecular weight excluding hydrogens is 179 g/mol. The fourth-order valence-electron chi connectivity index (χ4n) is 2.06. The zero-order chi connectivity index (χ0) is 10.4. The van der Waals surface area contributed by atoms with Crippen LogP contribution in [-0.4, -0.2) is 43.8 Å². The first-order valence-corrected chi connectivity index (χ1v) is 5.74. The molecule has 0 saturated carbocycles. The minimum atomic E-state index is -0.219. The predicted molar refractivity (Wildman–Crippen MR) is 58.3 cm³/mol. The van der Waals surface area contributed by atoms with Crippen molar-refractivity contribution in [1.29, 1.82) is 0 Å². The highest BCUT2D eigenvalue weighted by Crippen LogP contribution is 2.14. The van der Waals surface area contributed by atoms with E-state index in [-0.39, 0.29) is 6.67 Å². The van der Waals surface area contributed by atoms with Gasteiger partial charge in [0.05, 0.1) is 0 Å². The summed E-state index contributed by atoms with van der Waals surface area (Å²) in [6.45, 7) is 8.01. The third-order valence-corrected chi connectivity index (χ3v) is 3.05. The van der Waals surface area contributed by atoms with Crippen molar-refractivity contribution in [3.05, 3.63) is 0 Å². The van der Waals surface area contributed by atoms with Gasteiger partial charge in [-0.15, -0.1) is 0 Å². The third-order valence-electron chi connectivity index (χ3n) is 3.05.